The number of non-ortho nitro benzene ring substituents is 1. The molecule has 0 atom stereocenters. The average molecular weight is 313 g/mol. The first-order valence-electron chi connectivity index (χ1n) is 6.50. The summed E-state index contributed by atoms with van der Waals surface area (Å²) in [6, 6.07) is 13.9. The maximum Gasteiger partial charge on any atom is 0.271 e. The van der Waals surface area contributed by atoms with Gasteiger partial charge >= 0.3 is 0 Å². The number of carbonyl (C=O) groups excluding carboxylic acids is 1. The summed E-state index contributed by atoms with van der Waals surface area (Å²) >= 11 is 1.29. The highest BCUT2D eigenvalue weighted by Crippen LogP contribution is 2.28. The highest BCUT2D eigenvalue weighted by atomic mass is 32.1. The highest BCUT2D eigenvalue weighted by molar-refractivity contribution is 7.22. The lowest BCUT2D eigenvalue weighted by molar-refractivity contribution is -0.384. The molecule has 0 unspecified atom stereocenters. The third-order valence-corrected chi connectivity index (χ3v) is 3.99. The number of thiazole rings is 1. The van der Waals surface area contributed by atoms with Crippen molar-refractivity contribution in [3.8, 4) is 0 Å². The van der Waals surface area contributed by atoms with Crippen molar-refractivity contribution in [3.63, 3.8) is 0 Å². The number of benzene rings is 2. The zero-order valence-corrected chi connectivity index (χ0v) is 12.2. The maximum atomic E-state index is 12.0. The molecule has 3 aromatic rings. The summed E-state index contributed by atoms with van der Waals surface area (Å²) in [5.41, 5.74) is 1.41. The smallest absolute Gasteiger partial charge is 0.271 e. The van der Waals surface area contributed by atoms with E-state index in [1.54, 1.807) is 6.07 Å². The number of nitro groups is 1. The van der Waals surface area contributed by atoms with Crippen molar-refractivity contribution in [2.45, 2.75) is 6.42 Å². The third-order valence-electron chi connectivity index (χ3n) is 3.04. The number of fused-ring (bicyclic) bond motifs is 1. The molecule has 0 saturated carbocycles. The number of nitrogens with zero attached hydrogens (tertiary/aromatic N) is 2. The number of anilines is 1. The average Bonchev–Trinajstić information content (AvgIpc) is 2.89. The molecule has 2 aromatic carbocycles. The van der Waals surface area contributed by atoms with Gasteiger partial charge in [-0.25, -0.2) is 4.98 Å². The SMILES string of the molecule is O=C(Cc1ccccc1)Nc1nc2cc([N+](=O)[O-])ccc2s1. The lowest BCUT2D eigenvalue weighted by atomic mass is 10.1. The molecular formula is C15H11N3O3S. The molecule has 1 amide bonds. The second-order valence-corrected chi connectivity index (χ2v) is 5.67. The second kappa shape index (κ2) is 5.90. The minimum absolute atomic E-state index is 0.0139. The van der Waals surface area contributed by atoms with Crippen LogP contribution in [-0.2, 0) is 11.2 Å². The van der Waals surface area contributed by atoms with Crippen LogP contribution in [0.3, 0.4) is 0 Å². The summed E-state index contributed by atoms with van der Waals surface area (Å²) in [7, 11) is 0. The number of rotatable bonds is 4. The zero-order valence-electron chi connectivity index (χ0n) is 11.4. The molecule has 22 heavy (non-hydrogen) atoms. The van der Waals surface area contributed by atoms with Crippen LogP contribution in [0.15, 0.2) is 48.5 Å². The van der Waals surface area contributed by atoms with Crippen molar-refractivity contribution in [3.05, 3.63) is 64.2 Å². The Kier molecular flexibility index (Phi) is 3.80. The molecule has 1 aromatic heterocycles. The van der Waals surface area contributed by atoms with Crippen LogP contribution in [0, 0.1) is 10.1 Å². The van der Waals surface area contributed by atoms with Crippen molar-refractivity contribution in [2.24, 2.45) is 0 Å². The van der Waals surface area contributed by atoms with Gasteiger partial charge in [0.15, 0.2) is 5.13 Å². The molecule has 1 heterocycles. The molecule has 7 heteroatoms. The molecule has 1 N–H and O–H groups in total. The summed E-state index contributed by atoms with van der Waals surface area (Å²) < 4.78 is 0.792. The van der Waals surface area contributed by atoms with Crippen molar-refractivity contribution >= 4 is 38.3 Å². The van der Waals surface area contributed by atoms with E-state index in [0.29, 0.717) is 10.6 Å². The summed E-state index contributed by atoms with van der Waals surface area (Å²) in [5, 5.41) is 13.9. The summed E-state index contributed by atoms with van der Waals surface area (Å²) in [6.45, 7) is 0. The first-order valence-corrected chi connectivity index (χ1v) is 7.32. The van der Waals surface area contributed by atoms with Gasteiger partial charge in [0.05, 0.1) is 21.6 Å². The Labute approximate surface area is 129 Å². The molecule has 0 aliphatic rings. The molecule has 6 nitrogen and oxygen atoms in total. The van der Waals surface area contributed by atoms with E-state index in [1.165, 1.54) is 23.5 Å². The van der Waals surface area contributed by atoms with Gasteiger partial charge in [0.25, 0.3) is 5.69 Å². The highest BCUT2D eigenvalue weighted by Gasteiger charge is 2.12. The van der Waals surface area contributed by atoms with E-state index < -0.39 is 4.92 Å². The fraction of sp³-hybridized carbons (Fsp3) is 0.0667. The zero-order chi connectivity index (χ0) is 15.5. The molecule has 0 bridgehead atoms. The van der Waals surface area contributed by atoms with Crippen LogP contribution in [-0.4, -0.2) is 15.8 Å². The van der Waals surface area contributed by atoms with Gasteiger partial charge in [-0.15, -0.1) is 0 Å². The Morgan fingerprint density at radius 2 is 2.00 bits per heavy atom. The Hall–Kier alpha value is -2.80. The summed E-state index contributed by atoms with van der Waals surface area (Å²) in [6.07, 6.45) is 0.261. The quantitative estimate of drug-likeness (QED) is 0.591. The van der Waals surface area contributed by atoms with Crippen LogP contribution in [0.25, 0.3) is 10.2 Å². The number of carbonyl (C=O) groups is 1. The molecule has 0 radical (unpaired) electrons. The fourth-order valence-corrected chi connectivity index (χ4v) is 2.89. The molecule has 0 spiro atoms. The van der Waals surface area contributed by atoms with Gasteiger partial charge in [-0.3, -0.25) is 14.9 Å². The molecular weight excluding hydrogens is 302 g/mol. The van der Waals surface area contributed by atoms with Gasteiger partial charge in [-0.2, -0.15) is 0 Å². The largest absolute Gasteiger partial charge is 0.302 e. The van der Waals surface area contributed by atoms with E-state index in [9.17, 15) is 14.9 Å². The third kappa shape index (κ3) is 3.09. The Morgan fingerprint density at radius 3 is 2.73 bits per heavy atom. The van der Waals surface area contributed by atoms with Crippen molar-refractivity contribution in [2.75, 3.05) is 5.32 Å². The van der Waals surface area contributed by atoms with Gasteiger partial charge in [0, 0.05) is 12.1 Å². The monoisotopic (exact) mass is 313 g/mol. The van der Waals surface area contributed by atoms with E-state index in [-0.39, 0.29) is 18.0 Å². The molecule has 0 aliphatic carbocycles. The number of aromatic nitrogens is 1. The van der Waals surface area contributed by atoms with Crippen LogP contribution >= 0.6 is 11.3 Å². The molecule has 0 fully saturated rings. The van der Waals surface area contributed by atoms with Crippen molar-refractivity contribution < 1.29 is 9.72 Å². The topological polar surface area (TPSA) is 85.1 Å². The Bertz CT molecular complexity index is 846. The first-order chi connectivity index (χ1) is 10.6. The van der Waals surface area contributed by atoms with Gasteiger partial charge in [-0.05, 0) is 11.6 Å². The summed E-state index contributed by atoms with van der Waals surface area (Å²) in [4.78, 5) is 26.5. The molecule has 110 valence electrons. The van der Waals surface area contributed by atoms with Crippen LogP contribution in [0.4, 0.5) is 10.8 Å². The van der Waals surface area contributed by atoms with Crippen molar-refractivity contribution in [1.82, 2.24) is 4.98 Å². The Morgan fingerprint density at radius 1 is 1.23 bits per heavy atom. The number of nitro benzene ring substituents is 1. The predicted molar refractivity (Wildman–Crippen MR) is 85.1 cm³/mol. The lowest BCUT2D eigenvalue weighted by Gasteiger charge is -2.01. The summed E-state index contributed by atoms with van der Waals surface area (Å²) in [5.74, 6) is -0.167. The normalized spacial score (nSPS) is 10.5. The van der Waals surface area contributed by atoms with Gasteiger partial charge in [-0.1, -0.05) is 41.7 Å². The number of hydrogen-bond donors (Lipinski definition) is 1. The lowest BCUT2D eigenvalue weighted by Crippen LogP contribution is -2.13. The maximum absolute atomic E-state index is 12.0. The minimum atomic E-state index is -0.466. The standard InChI is InChI=1S/C15H11N3O3S/c19-14(8-10-4-2-1-3-5-10)17-15-16-12-9-11(18(20)21)6-7-13(12)22-15/h1-7,9H,8H2,(H,16,17,19). The van der Waals surface area contributed by atoms with E-state index in [4.69, 9.17) is 0 Å². The molecule has 0 aliphatic heterocycles. The molecule has 3 rings (SSSR count). The van der Waals surface area contributed by atoms with Crippen LogP contribution < -0.4 is 5.32 Å². The van der Waals surface area contributed by atoms with Gasteiger partial charge < -0.3 is 5.32 Å². The minimum Gasteiger partial charge on any atom is -0.302 e. The van der Waals surface area contributed by atoms with Crippen molar-refractivity contribution in [1.29, 1.82) is 0 Å². The number of hydrogen-bond acceptors (Lipinski definition) is 5. The van der Waals surface area contributed by atoms with E-state index in [1.807, 2.05) is 30.3 Å². The Balaban J connectivity index is 1.76. The van der Waals surface area contributed by atoms with Crippen LogP contribution in [0.5, 0.6) is 0 Å². The fourth-order valence-electron chi connectivity index (χ4n) is 2.03. The predicted octanol–water partition coefficient (Wildman–Crippen LogP) is 3.39. The first kappa shape index (κ1) is 14.2. The van der Waals surface area contributed by atoms with Crippen LogP contribution in [0.1, 0.15) is 5.56 Å². The van der Waals surface area contributed by atoms with E-state index >= 15 is 0 Å². The van der Waals surface area contributed by atoms with Gasteiger partial charge in [0.1, 0.15) is 0 Å². The number of nitrogens with one attached hydrogen (secondary N) is 1. The molecule has 0 saturated heterocycles. The second-order valence-electron chi connectivity index (χ2n) is 4.64. The van der Waals surface area contributed by atoms with E-state index in [2.05, 4.69) is 10.3 Å². The van der Waals surface area contributed by atoms with E-state index in [0.717, 1.165) is 10.3 Å². The number of amides is 1. The van der Waals surface area contributed by atoms with Gasteiger partial charge in [0.2, 0.25) is 5.91 Å². The van der Waals surface area contributed by atoms with Crippen LogP contribution in [0.2, 0.25) is 0 Å².